The first-order valence-corrected chi connectivity index (χ1v) is 8.85. The molecule has 0 spiro atoms. The number of carboxylic acids is 2. The van der Waals surface area contributed by atoms with Crippen LogP contribution >= 0.6 is 23.1 Å². The van der Waals surface area contributed by atoms with Gasteiger partial charge in [-0.3, -0.25) is 9.59 Å². The Balaban J connectivity index is 0.000000463. The predicted octanol–water partition coefficient (Wildman–Crippen LogP) is 2.93. The number of thiazole rings is 1. The quantitative estimate of drug-likeness (QED) is 0.656. The van der Waals surface area contributed by atoms with Crippen LogP contribution in [0.4, 0.5) is 0 Å². The fourth-order valence-corrected chi connectivity index (χ4v) is 3.84. The monoisotopic (exact) mass is 356 g/mol. The zero-order valence-electron chi connectivity index (χ0n) is 13.0. The van der Waals surface area contributed by atoms with Crippen molar-refractivity contribution in [2.75, 3.05) is 13.1 Å². The zero-order chi connectivity index (χ0) is 17.2. The van der Waals surface area contributed by atoms with Crippen molar-refractivity contribution in [2.45, 2.75) is 29.9 Å². The maximum absolute atomic E-state index is 10.9. The van der Waals surface area contributed by atoms with Gasteiger partial charge in [-0.25, -0.2) is 4.98 Å². The van der Waals surface area contributed by atoms with Crippen LogP contribution in [0.25, 0.3) is 10.2 Å². The highest BCUT2D eigenvalue weighted by Gasteiger charge is 2.23. The number of hydrogen-bond acceptors (Lipinski definition) is 6. The minimum Gasteiger partial charge on any atom is -0.481 e. The summed E-state index contributed by atoms with van der Waals surface area (Å²) in [5.74, 6) is -2.27. The minimum absolute atomic E-state index is 0.421. The highest BCUT2D eigenvalue weighted by molar-refractivity contribution is 8.02. The van der Waals surface area contributed by atoms with Gasteiger partial charge in [0.25, 0.3) is 0 Å². The maximum Gasteiger partial charge on any atom is 0.317 e. The fourth-order valence-electron chi connectivity index (χ4n) is 1.61. The standard InChI is InChI=1S/C11H9NO4S2.C4H11N/c13-9(14)5-8(10(15)16)18-11-12-6-3-1-2-4-7(6)17-11;1-3-5-4-2/h1-4,8H,5H2,(H,13,14)(H,15,16);5H,3-4H2,1-2H3. The molecule has 2 rings (SSSR count). The topological polar surface area (TPSA) is 99.5 Å². The molecule has 8 heteroatoms. The number of nitrogens with one attached hydrogen (secondary N) is 1. The van der Waals surface area contributed by atoms with E-state index in [4.69, 9.17) is 10.2 Å². The van der Waals surface area contributed by atoms with Crippen molar-refractivity contribution < 1.29 is 19.8 Å². The van der Waals surface area contributed by atoms with Gasteiger partial charge in [-0.2, -0.15) is 0 Å². The molecule has 1 unspecified atom stereocenters. The summed E-state index contributed by atoms with van der Waals surface area (Å²) in [6.45, 7) is 6.39. The molecule has 126 valence electrons. The molecule has 0 radical (unpaired) electrons. The molecule has 0 saturated carbocycles. The fraction of sp³-hybridized carbons (Fsp3) is 0.400. The summed E-state index contributed by atoms with van der Waals surface area (Å²) >= 11 is 2.34. The smallest absolute Gasteiger partial charge is 0.317 e. The lowest BCUT2D eigenvalue weighted by Crippen LogP contribution is -2.20. The highest BCUT2D eigenvalue weighted by atomic mass is 32.2. The Hall–Kier alpha value is -1.64. The van der Waals surface area contributed by atoms with Gasteiger partial charge in [0.2, 0.25) is 0 Å². The van der Waals surface area contributed by atoms with E-state index in [0.717, 1.165) is 35.1 Å². The van der Waals surface area contributed by atoms with Crippen LogP contribution in [0.15, 0.2) is 28.6 Å². The lowest BCUT2D eigenvalue weighted by atomic mass is 10.3. The Morgan fingerprint density at radius 1 is 1.26 bits per heavy atom. The van der Waals surface area contributed by atoms with Crippen molar-refractivity contribution >= 4 is 45.3 Å². The zero-order valence-corrected chi connectivity index (χ0v) is 14.6. The van der Waals surface area contributed by atoms with Gasteiger partial charge in [0.1, 0.15) is 5.25 Å². The molecule has 1 aromatic heterocycles. The summed E-state index contributed by atoms with van der Waals surface area (Å²) in [6.07, 6.45) is -0.421. The molecule has 1 aromatic carbocycles. The Bertz CT molecular complexity index is 610. The first-order valence-electron chi connectivity index (χ1n) is 7.15. The summed E-state index contributed by atoms with van der Waals surface area (Å²) in [5.41, 5.74) is 0.796. The second-order valence-corrected chi connectivity index (χ2v) is 6.93. The first kappa shape index (κ1) is 19.4. The molecule has 1 heterocycles. The van der Waals surface area contributed by atoms with Crippen LogP contribution in [-0.2, 0) is 9.59 Å². The van der Waals surface area contributed by atoms with Crippen LogP contribution in [0.1, 0.15) is 20.3 Å². The molecule has 0 aliphatic carbocycles. The van der Waals surface area contributed by atoms with Gasteiger partial charge in [0, 0.05) is 0 Å². The molecule has 2 aromatic rings. The number of benzene rings is 1. The Morgan fingerprint density at radius 2 is 1.91 bits per heavy atom. The Morgan fingerprint density at radius 3 is 2.39 bits per heavy atom. The maximum atomic E-state index is 10.9. The Kier molecular flexibility index (Phi) is 8.60. The predicted molar refractivity (Wildman–Crippen MR) is 93.4 cm³/mol. The molecule has 0 saturated heterocycles. The molecule has 1 atom stereocenters. The number of carboxylic acid groups (broad SMARTS) is 2. The second kappa shape index (κ2) is 10.2. The molecule has 0 aliphatic heterocycles. The van der Waals surface area contributed by atoms with Gasteiger partial charge < -0.3 is 15.5 Å². The lowest BCUT2D eigenvalue weighted by Gasteiger charge is -2.06. The number of rotatable bonds is 7. The SMILES string of the molecule is CCNCC.O=C(O)CC(Sc1nc2ccccc2s1)C(=O)O. The third-order valence-electron chi connectivity index (χ3n) is 2.65. The number of aliphatic carboxylic acids is 2. The van der Waals surface area contributed by atoms with E-state index >= 15 is 0 Å². The third-order valence-corrected chi connectivity index (χ3v) is 4.97. The van der Waals surface area contributed by atoms with Gasteiger partial charge >= 0.3 is 11.9 Å². The van der Waals surface area contributed by atoms with Crippen molar-refractivity contribution in [3.63, 3.8) is 0 Å². The molecule has 0 bridgehead atoms. The normalized spacial score (nSPS) is 11.6. The van der Waals surface area contributed by atoms with E-state index in [1.807, 2.05) is 24.3 Å². The average Bonchev–Trinajstić information content (AvgIpc) is 2.90. The summed E-state index contributed by atoms with van der Waals surface area (Å²) in [7, 11) is 0. The van der Waals surface area contributed by atoms with E-state index in [1.54, 1.807) is 0 Å². The number of carbonyl (C=O) groups is 2. The van der Waals surface area contributed by atoms with Gasteiger partial charge in [-0.15, -0.1) is 11.3 Å². The largest absolute Gasteiger partial charge is 0.481 e. The van der Waals surface area contributed by atoms with E-state index in [9.17, 15) is 9.59 Å². The van der Waals surface area contributed by atoms with E-state index < -0.39 is 23.6 Å². The molecule has 0 fully saturated rings. The van der Waals surface area contributed by atoms with Gasteiger partial charge in [0.05, 0.1) is 16.6 Å². The van der Waals surface area contributed by atoms with Crippen LogP contribution in [0, 0.1) is 0 Å². The number of hydrogen-bond donors (Lipinski definition) is 3. The van der Waals surface area contributed by atoms with Crippen molar-refractivity contribution in [1.82, 2.24) is 10.3 Å². The second-order valence-electron chi connectivity index (χ2n) is 4.45. The number of fused-ring (bicyclic) bond motifs is 1. The molecular weight excluding hydrogens is 336 g/mol. The summed E-state index contributed by atoms with van der Waals surface area (Å²) < 4.78 is 1.53. The van der Waals surface area contributed by atoms with Crippen LogP contribution in [0.5, 0.6) is 0 Å². The summed E-state index contributed by atoms with van der Waals surface area (Å²) in [4.78, 5) is 25.8. The number of thioether (sulfide) groups is 1. The molecule has 0 amide bonds. The van der Waals surface area contributed by atoms with E-state index in [0.29, 0.717) is 4.34 Å². The van der Waals surface area contributed by atoms with Gasteiger partial charge in [-0.05, 0) is 25.2 Å². The lowest BCUT2D eigenvalue weighted by molar-refractivity contribution is -0.142. The first-order chi connectivity index (χ1) is 11.0. The van der Waals surface area contributed by atoms with Gasteiger partial charge in [0.15, 0.2) is 4.34 Å². The van der Waals surface area contributed by atoms with Crippen molar-refractivity contribution in [3.8, 4) is 0 Å². The average molecular weight is 356 g/mol. The van der Waals surface area contributed by atoms with E-state index in [-0.39, 0.29) is 0 Å². The van der Waals surface area contributed by atoms with E-state index in [1.165, 1.54) is 11.3 Å². The molecule has 0 aliphatic rings. The van der Waals surface area contributed by atoms with Crippen LogP contribution in [0.2, 0.25) is 0 Å². The summed E-state index contributed by atoms with van der Waals surface area (Å²) in [5, 5.41) is 19.7. The van der Waals surface area contributed by atoms with Crippen LogP contribution in [-0.4, -0.2) is 45.5 Å². The molecular formula is C15H20N2O4S2. The number of nitrogens with zero attached hydrogens (tertiary/aromatic N) is 1. The molecule has 23 heavy (non-hydrogen) atoms. The number of aromatic nitrogens is 1. The highest BCUT2D eigenvalue weighted by Crippen LogP contribution is 2.33. The van der Waals surface area contributed by atoms with Crippen LogP contribution in [0.3, 0.4) is 0 Å². The minimum atomic E-state index is -1.14. The molecule has 6 nitrogen and oxygen atoms in total. The number of para-hydroxylation sites is 1. The third kappa shape index (κ3) is 6.98. The van der Waals surface area contributed by atoms with Gasteiger partial charge in [-0.1, -0.05) is 37.7 Å². The van der Waals surface area contributed by atoms with Crippen molar-refractivity contribution in [1.29, 1.82) is 0 Å². The van der Waals surface area contributed by atoms with Crippen molar-refractivity contribution in [3.05, 3.63) is 24.3 Å². The van der Waals surface area contributed by atoms with E-state index in [2.05, 4.69) is 24.1 Å². The Labute approximate surface area is 142 Å². The molecule has 3 N–H and O–H groups in total. The van der Waals surface area contributed by atoms with Crippen molar-refractivity contribution in [2.24, 2.45) is 0 Å². The van der Waals surface area contributed by atoms with Crippen LogP contribution < -0.4 is 5.32 Å². The summed E-state index contributed by atoms with van der Waals surface area (Å²) in [6, 6.07) is 7.45.